The minimum Gasteiger partial charge on any atom is -0.359 e. The van der Waals surface area contributed by atoms with Crippen molar-refractivity contribution in [2.24, 2.45) is 0 Å². The minimum atomic E-state index is -0.495. The first-order valence-electron chi connectivity index (χ1n) is 7.71. The number of carbonyl (C=O) groups is 1. The lowest BCUT2D eigenvalue weighted by atomic mass is 10.1. The van der Waals surface area contributed by atoms with E-state index in [1.807, 2.05) is 13.0 Å². The largest absolute Gasteiger partial charge is 0.359 e. The summed E-state index contributed by atoms with van der Waals surface area (Å²) in [5.74, 6) is -0.372. The summed E-state index contributed by atoms with van der Waals surface area (Å²) in [5, 5.41) is 3.87. The number of halogens is 2. The quantitative estimate of drug-likeness (QED) is 0.865. The zero-order valence-corrected chi connectivity index (χ0v) is 12.9. The monoisotopic (exact) mass is 320 g/mol. The molecule has 1 aliphatic rings. The Hall–Kier alpha value is -2.24. The Bertz CT molecular complexity index is 714. The van der Waals surface area contributed by atoms with E-state index < -0.39 is 11.6 Å². The third-order valence-electron chi connectivity index (χ3n) is 4.16. The number of hydrogen-bond donors (Lipinski definition) is 0. The van der Waals surface area contributed by atoms with Gasteiger partial charge in [-0.05, 0) is 49.9 Å². The molecule has 1 aromatic carbocycles. The second-order valence-corrected chi connectivity index (χ2v) is 5.85. The third-order valence-corrected chi connectivity index (χ3v) is 4.16. The Kier molecular flexibility index (Phi) is 4.41. The smallest absolute Gasteiger partial charge is 0.223 e. The number of nitrogens with zero attached hydrogens (tertiary/aromatic N) is 2. The van der Waals surface area contributed by atoms with Gasteiger partial charge in [0.2, 0.25) is 5.91 Å². The van der Waals surface area contributed by atoms with E-state index in [4.69, 9.17) is 4.52 Å². The Morgan fingerprint density at radius 2 is 2.22 bits per heavy atom. The first-order chi connectivity index (χ1) is 11.0. The van der Waals surface area contributed by atoms with Gasteiger partial charge in [0.25, 0.3) is 0 Å². The number of amides is 1. The van der Waals surface area contributed by atoms with Gasteiger partial charge < -0.3 is 9.42 Å². The zero-order valence-electron chi connectivity index (χ0n) is 12.9. The highest BCUT2D eigenvalue weighted by molar-refractivity contribution is 5.77. The molecule has 0 radical (unpaired) electrons. The molecule has 0 spiro atoms. The zero-order chi connectivity index (χ0) is 16.4. The maximum Gasteiger partial charge on any atom is 0.223 e. The van der Waals surface area contributed by atoms with Crippen LogP contribution in [-0.4, -0.2) is 22.5 Å². The molecule has 23 heavy (non-hydrogen) atoms. The lowest BCUT2D eigenvalue weighted by Crippen LogP contribution is -2.30. The van der Waals surface area contributed by atoms with Crippen molar-refractivity contribution < 1.29 is 18.1 Å². The van der Waals surface area contributed by atoms with Crippen molar-refractivity contribution in [3.63, 3.8) is 0 Å². The van der Waals surface area contributed by atoms with Gasteiger partial charge in [0.15, 0.2) is 5.76 Å². The fraction of sp³-hybridized carbons (Fsp3) is 0.412. The van der Waals surface area contributed by atoms with Crippen molar-refractivity contribution in [3.8, 4) is 0 Å². The SMILES string of the molecule is Cc1cc([C@@H]2CCCN2C(=O)CCc2cc(F)ccc2F)on1. The van der Waals surface area contributed by atoms with Crippen LogP contribution >= 0.6 is 0 Å². The Labute approximate surface area is 133 Å². The summed E-state index contributed by atoms with van der Waals surface area (Å²) in [4.78, 5) is 14.2. The van der Waals surface area contributed by atoms with Gasteiger partial charge in [-0.2, -0.15) is 0 Å². The van der Waals surface area contributed by atoms with Crippen LogP contribution in [0, 0.1) is 18.6 Å². The van der Waals surface area contributed by atoms with Crippen LogP contribution in [0.4, 0.5) is 8.78 Å². The molecule has 3 rings (SSSR count). The molecule has 0 bridgehead atoms. The van der Waals surface area contributed by atoms with E-state index in [2.05, 4.69) is 5.16 Å². The van der Waals surface area contributed by atoms with Gasteiger partial charge in [-0.3, -0.25) is 4.79 Å². The second kappa shape index (κ2) is 6.48. The Morgan fingerprint density at radius 1 is 1.39 bits per heavy atom. The first kappa shape index (κ1) is 15.6. The van der Waals surface area contributed by atoms with Gasteiger partial charge in [-0.15, -0.1) is 0 Å². The normalized spacial score (nSPS) is 17.7. The second-order valence-electron chi connectivity index (χ2n) is 5.85. The molecule has 122 valence electrons. The van der Waals surface area contributed by atoms with Gasteiger partial charge in [0, 0.05) is 19.0 Å². The van der Waals surface area contributed by atoms with Gasteiger partial charge in [-0.1, -0.05) is 5.16 Å². The molecule has 1 amide bonds. The molecule has 1 saturated heterocycles. The van der Waals surface area contributed by atoms with E-state index in [-0.39, 0.29) is 30.4 Å². The maximum atomic E-state index is 13.6. The third kappa shape index (κ3) is 3.41. The van der Waals surface area contributed by atoms with E-state index in [1.54, 1.807) is 4.90 Å². The van der Waals surface area contributed by atoms with Crippen LogP contribution in [0.15, 0.2) is 28.8 Å². The molecule has 1 aliphatic heterocycles. The van der Waals surface area contributed by atoms with Crippen molar-refractivity contribution in [1.82, 2.24) is 10.1 Å². The van der Waals surface area contributed by atoms with Crippen LogP contribution in [0.25, 0.3) is 0 Å². The predicted molar refractivity (Wildman–Crippen MR) is 79.6 cm³/mol. The molecule has 4 nitrogen and oxygen atoms in total. The molecule has 0 saturated carbocycles. The van der Waals surface area contributed by atoms with Crippen molar-refractivity contribution in [3.05, 3.63) is 52.9 Å². The molecule has 0 N–H and O–H groups in total. The summed E-state index contributed by atoms with van der Waals surface area (Å²) in [6.07, 6.45) is 2.05. The van der Waals surface area contributed by atoms with Crippen LogP contribution < -0.4 is 0 Å². The molecule has 1 fully saturated rings. The van der Waals surface area contributed by atoms with E-state index in [1.165, 1.54) is 0 Å². The van der Waals surface area contributed by atoms with Crippen LogP contribution in [0.3, 0.4) is 0 Å². The standard InChI is InChI=1S/C17H18F2N2O2/c1-11-9-16(23-20-11)15-3-2-8-21(15)17(22)7-4-12-10-13(18)5-6-14(12)19/h5-6,9-10,15H,2-4,7-8H2,1H3/t15-/m0/s1. The lowest BCUT2D eigenvalue weighted by Gasteiger charge is -2.22. The van der Waals surface area contributed by atoms with E-state index in [0.29, 0.717) is 12.3 Å². The number of hydrogen-bond acceptors (Lipinski definition) is 3. The molecule has 0 unspecified atom stereocenters. The van der Waals surface area contributed by atoms with Gasteiger partial charge in [-0.25, -0.2) is 8.78 Å². The molecule has 0 aliphatic carbocycles. The Balaban J connectivity index is 1.66. The number of aromatic nitrogens is 1. The molecule has 2 aromatic rings. The van der Waals surface area contributed by atoms with Crippen LogP contribution in [0.1, 0.15) is 42.3 Å². The molecular weight excluding hydrogens is 302 g/mol. The molecular formula is C17H18F2N2O2. The van der Waals surface area contributed by atoms with Crippen molar-refractivity contribution >= 4 is 5.91 Å². The van der Waals surface area contributed by atoms with Crippen molar-refractivity contribution in [2.45, 2.75) is 38.6 Å². The van der Waals surface area contributed by atoms with Crippen molar-refractivity contribution in [2.75, 3.05) is 6.54 Å². The maximum absolute atomic E-state index is 13.6. The summed E-state index contributed by atoms with van der Waals surface area (Å²) in [6.45, 7) is 2.48. The molecule has 6 heteroatoms. The molecule has 1 aromatic heterocycles. The number of carbonyl (C=O) groups excluding carboxylic acids is 1. The van der Waals surface area contributed by atoms with Crippen LogP contribution in [0.2, 0.25) is 0 Å². The van der Waals surface area contributed by atoms with Crippen LogP contribution in [-0.2, 0) is 11.2 Å². The van der Waals surface area contributed by atoms with Gasteiger partial charge in [0.1, 0.15) is 11.6 Å². The highest BCUT2D eigenvalue weighted by atomic mass is 19.1. The highest BCUT2D eigenvalue weighted by Crippen LogP contribution is 2.32. The van der Waals surface area contributed by atoms with Gasteiger partial charge in [0.05, 0.1) is 11.7 Å². The number of rotatable bonds is 4. The van der Waals surface area contributed by atoms with Gasteiger partial charge >= 0.3 is 0 Å². The summed E-state index contributed by atoms with van der Waals surface area (Å²) in [6, 6.07) is 5.03. The summed E-state index contributed by atoms with van der Waals surface area (Å²) >= 11 is 0. The van der Waals surface area contributed by atoms with Crippen molar-refractivity contribution in [1.29, 1.82) is 0 Å². The summed E-state index contributed by atoms with van der Waals surface area (Å²) in [7, 11) is 0. The molecule has 1 atom stereocenters. The average molecular weight is 320 g/mol. The lowest BCUT2D eigenvalue weighted by molar-refractivity contribution is -0.132. The number of benzene rings is 1. The van der Waals surface area contributed by atoms with E-state index in [9.17, 15) is 13.6 Å². The predicted octanol–water partition coefficient (Wildman–Crippen LogP) is 3.56. The summed E-state index contributed by atoms with van der Waals surface area (Å²) in [5.41, 5.74) is 1.01. The number of likely N-dealkylation sites (tertiary alicyclic amines) is 1. The van der Waals surface area contributed by atoms with E-state index in [0.717, 1.165) is 36.7 Å². The van der Waals surface area contributed by atoms with E-state index >= 15 is 0 Å². The Morgan fingerprint density at radius 3 is 2.96 bits per heavy atom. The minimum absolute atomic E-state index is 0.0785. The fourth-order valence-corrected chi connectivity index (χ4v) is 3.02. The van der Waals surface area contributed by atoms with Crippen LogP contribution in [0.5, 0.6) is 0 Å². The average Bonchev–Trinajstić information content (AvgIpc) is 3.16. The molecule has 2 heterocycles. The highest BCUT2D eigenvalue weighted by Gasteiger charge is 2.32. The number of aryl methyl sites for hydroxylation is 2. The topological polar surface area (TPSA) is 46.3 Å². The fourth-order valence-electron chi connectivity index (χ4n) is 3.02. The first-order valence-corrected chi connectivity index (χ1v) is 7.71. The summed E-state index contributed by atoms with van der Waals surface area (Å²) < 4.78 is 32.1.